The first kappa shape index (κ1) is 12.4. The molecule has 0 aromatic heterocycles. The van der Waals surface area contributed by atoms with Crippen LogP contribution in [0.3, 0.4) is 0 Å². The number of hydrogen-bond donors (Lipinski definition) is 1. The standard InChI is InChI=1S/C14H24N2O2/c1-18-13-2-3-16(12(7-13)8-15)14(17)11-5-9-4-10(9)6-11/h9-13H,2-8,15H2,1H3. The number of carbonyl (C=O) groups is 1. The molecule has 3 rings (SSSR count). The first-order valence-corrected chi connectivity index (χ1v) is 7.26. The third-order valence-electron chi connectivity index (χ3n) is 5.15. The van der Waals surface area contributed by atoms with Crippen molar-refractivity contribution < 1.29 is 9.53 Å². The minimum atomic E-state index is 0.188. The Bertz CT molecular complexity index is 324. The monoisotopic (exact) mass is 252 g/mol. The average molecular weight is 252 g/mol. The van der Waals surface area contributed by atoms with Crippen molar-refractivity contribution in [2.75, 3.05) is 20.2 Å². The summed E-state index contributed by atoms with van der Waals surface area (Å²) < 4.78 is 5.41. The molecular weight excluding hydrogens is 228 g/mol. The number of rotatable bonds is 3. The van der Waals surface area contributed by atoms with Crippen LogP contribution in [-0.2, 0) is 9.53 Å². The molecule has 102 valence electrons. The Morgan fingerprint density at radius 2 is 2.00 bits per heavy atom. The van der Waals surface area contributed by atoms with Gasteiger partial charge in [-0.2, -0.15) is 0 Å². The van der Waals surface area contributed by atoms with Gasteiger partial charge in [0.05, 0.1) is 6.10 Å². The molecule has 4 unspecified atom stereocenters. The topological polar surface area (TPSA) is 55.6 Å². The van der Waals surface area contributed by atoms with Crippen molar-refractivity contribution in [3.8, 4) is 0 Å². The Kier molecular flexibility index (Phi) is 3.32. The molecule has 2 saturated carbocycles. The van der Waals surface area contributed by atoms with E-state index in [1.807, 2.05) is 4.90 Å². The lowest BCUT2D eigenvalue weighted by Crippen LogP contribution is -2.52. The zero-order valence-corrected chi connectivity index (χ0v) is 11.2. The average Bonchev–Trinajstić information content (AvgIpc) is 3.03. The number of ether oxygens (including phenoxy) is 1. The summed E-state index contributed by atoms with van der Waals surface area (Å²) in [7, 11) is 1.75. The lowest BCUT2D eigenvalue weighted by atomic mass is 9.95. The first-order chi connectivity index (χ1) is 8.72. The second-order valence-electron chi connectivity index (χ2n) is 6.23. The smallest absolute Gasteiger partial charge is 0.225 e. The molecule has 3 fully saturated rings. The van der Waals surface area contributed by atoms with Crippen molar-refractivity contribution in [1.82, 2.24) is 4.90 Å². The Morgan fingerprint density at radius 3 is 2.61 bits per heavy atom. The van der Waals surface area contributed by atoms with E-state index in [9.17, 15) is 4.79 Å². The molecule has 0 aromatic rings. The molecule has 4 heteroatoms. The highest BCUT2D eigenvalue weighted by Crippen LogP contribution is 2.54. The van der Waals surface area contributed by atoms with Crippen LogP contribution in [-0.4, -0.2) is 43.2 Å². The van der Waals surface area contributed by atoms with Crippen molar-refractivity contribution in [2.24, 2.45) is 23.5 Å². The summed E-state index contributed by atoms with van der Waals surface area (Å²) in [5.41, 5.74) is 5.83. The fraction of sp³-hybridized carbons (Fsp3) is 0.929. The Hall–Kier alpha value is -0.610. The van der Waals surface area contributed by atoms with Gasteiger partial charge in [-0.1, -0.05) is 0 Å². The highest BCUT2D eigenvalue weighted by atomic mass is 16.5. The van der Waals surface area contributed by atoms with Gasteiger partial charge in [0, 0.05) is 32.2 Å². The molecule has 1 heterocycles. The van der Waals surface area contributed by atoms with Gasteiger partial charge in [0.25, 0.3) is 0 Å². The van der Waals surface area contributed by atoms with Gasteiger partial charge in [0.1, 0.15) is 0 Å². The Morgan fingerprint density at radius 1 is 1.28 bits per heavy atom. The number of nitrogens with zero attached hydrogens (tertiary/aromatic N) is 1. The summed E-state index contributed by atoms with van der Waals surface area (Å²) in [6, 6.07) is 0.188. The second kappa shape index (κ2) is 4.82. The van der Waals surface area contributed by atoms with Crippen molar-refractivity contribution >= 4 is 5.91 Å². The molecule has 4 nitrogen and oxygen atoms in total. The highest BCUT2D eigenvalue weighted by molar-refractivity contribution is 5.80. The summed E-state index contributed by atoms with van der Waals surface area (Å²) >= 11 is 0. The lowest BCUT2D eigenvalue weighted by Gasteiger charge is -2.40. The van der Waals surface area contributed by atoms with Crippen LogP contribution in [0.5, 0.6) is 0 Å². The van der Waals surface area contributed by atoms with Crippen molar-refractivity contribution in [3.05, 3.63) is 0 Å². The van der Waals surface area contributed by atoms with E-state index in [1.54, 1.807) is 7.11 Å². The molecule has 0 bridgehead atoms. The predicted molar refractivity (Wildman–Crippen MR) is 68.9 cm³/mol. The van der Waals surface area contributed by atoms with Crippen molar-refractivity contribution in [1.29, 1.82) is 0 Å². The summed E-state index contributed by atoms with van der Waals surface area (Å²) in [6.45, 7) is 1.39. The maximum Gasteiger partial charge on any atom is 0.225 e. The Balaban J connectivity index is 1.61. The number of carbonyl (C=O) groups excluding carboxylic acids is 1. The molecule has 2 N–H and O–H groups in total. The van der Waals surface area contributed by atoms with Crippen LogP contribution in [0.4, 0.5) is 0 Å². The van der Waals surface area contributed by atoms with Gasteiger partial charge in [-0.3, -0.25) is 4.79 Å². The van der Waals surface area contributed by atoms with E-state index in [1.165, 1.54) is 6.42 Å². The van der Waals surface area contributed by atoms with Crippen LogP contribution in [0.2, 0.25) is 0 Å². The van der Waals surface area contributed by atoms with Gasteiger partial charge < -0.3 is 15.4 Å². The summed E-state index contributed by atoms with van der Waals surface area (Å²) in [4.78, 5) is 14.6. The van der Waals surface area contributed by atoms with E-state index in [0.717, 1.165) is 44.1 Å². The summed E-state index contributed by atoms with van der Waals surface area (Å²) in [6.07, 6.45) is 5.77. The van der Waals surface area contributed by atoms with Gasteiger partial charge in [-0.05, 0) is 43.9 Å². The highest BCUT2D eigenvalue weighted by Gasteiger charge is 2.49. The molecule has 1 saturated heterocycles. The molecular formula is C14H24N2O2. The molecule has 0 radical (unpaired) electrons. The van der Waals surface area contributed by atoms with Crippen LogP contribution < -0.4 is 5.73 Å². The van der Waals surface area contributed by atoms with Crippen LogP contribution in [0, 0.1) is 17.8 Å². The van der Waals surface area contributed by atoms with Crippen LogP contribution >= 0.6 is 0 Å². The largest absolute Gasteiger partial charge is 0.381 e. The van der Waals surface area contributed by atoms with Gasteiger partial charge in [-0.15, -0.1) is 0 Å². The molecule has 0 aromatic carbocycles. The molecule has 0 spiro atoms. The minimum absolute atomic E-state index is 0.188. The summed E-state index contributed by atoms with van der Waals surface area (Å²) in [5, 5.41) is 0. The number of amides is 1. The van der Waals surface area contributed by atoms with E-state index < -0.39 is 0 Å². The van der Waals surface area contributed by atoms with E-state index in [0.29, 0.717) is 18.4 Å². The van der Waals surface area contributed by atoms with E-state index >= 15 is 0 Å². The fourth-order valence-electron chi connectivity index (χ4n) is 3.89. The van der Waals surface area contributed by atoms with Gasteiger partial charge in [-0.25, -0.2) is 0 Å². The van der Waals surface area contributed by atoms with Gasteiger partial charge in [0.15, 0.2) is 0 Å². The molecule has 3 aliphatic rings. The van der Waals surface area contributed by atoms with Gasteiger partial charge in [0.2, 0.25) is 5.91 Å². The number of hydrogen-bond acceptors (Lipinski definition) is 3. The maximum absolute atomic E-state index is 12.6. The van der Waals surface area contributed by atoms with Crippen LogP contribution in [0.1, 0.15) is 32.1 Å². The molecule has 1 aliphatic heterocycles. The normalized spacial score (nSPS) is 42.8. The van der Waals surface area contributed by atoms with E-state index in [4.69, 9.17) is 10.5 Å². The minimum Gasteiger partial charge on any atom is -0.381 e. The number of piperidine rings is 1. The molecule has 4 atom stereocenters. The Labute approximate surface area is 109 Å². The van der Waals surface area contributed by atoms with Crippen molar-refractivity contribution in [2.45, 2.75) is 44.2 Å². The van der Waals surface area contributed by atoms with Gasteiger partial charge >= 0.3 is 0 Å². The zero-order valence-electron chi connectivity index (χ0n) is 11.2. The van der Waals surface area contributed by atoms with Crippen molar-refractivity contribution in [3.63, 3.8) is 0 Å². The maximum atomic E-state index is 12.6. The first-order valence-electron chi connectivity index (χ1n) is 7.26. The number of methoxy groups -OCH3 is 1. The second-order valence-corrected chi connectivity index (χ2v) is 6.23. The van der Waals surface area contributed by atoms with Crippen LogP contribution in [0.15, 0.2) is 0 Å². The summed E-state index contributed by atoms with van der Waals surface area (Å²) in [5.74, 6) is 2.40. The fourth-order valence-corrected chi connectivity index (χ4v) is 3.89. The van der Waals surface area contributed by atoms with Crippen LogP contribution in [0.25, 0.3) is 0 Å². The quantitative estimate of drug-likeness (QED) is 0.815. The number of nitrogens with two attached hydrogens (primary N) is 1. The molecule has 18 heavy (non-hydrogen) atoms. The third-order valence-corrected chi connectivity index (χ3v) is 5.15. The molecule has 2 aliphatic carbocycles. The van der Waals surface area contributed by atoms with E-state index in [-0.39, 0.29) is 12.1 Å². The predicted octanol–water partition coefficient (Wildman–Crippen LogP) is 0.997. The third kappa shape index (κ3) is 2.16. The number of fused-ring (bicyclic) bond motifs is 1. The van der Waals surface area contributed by atoms with E-state index in [2.05, 4.69) is 0 Å². The zero-order chi connectivity index (χ0) is 12.7. The number of likely N-dealkylation sites (tertiary alicyclic amines) is 1. The lowest BCUT2D eigenvalue weighted by molar-refractivity contribution is -0.141. The SMILES string of the molecule is COC1CCN(C(=O)C2CC3CC3C2)C(CN)C1. The molecule has 1 amide bonds.